The summed E-state index contributed by atoms with van der Waals surface area (Å²) in [5, 5.41) is 6.91. The lowest BCUT2D eigenvalue weighted by Gasteiger charge is -2.11. The Bertz CT molecular complexity index is 1150. The Morgan fingerprint density at radius 1 is 1.03 bits per heavy atom. The van der Waals surface area contributed by atoms with Crippen LogP contribution in [0.1, 0.15) is 11.1 Å². The van der Waals surface area contributed by atoms with Gasteiger partial charge in [0, 0.05) is 42.1 Å². The number of benzene rings is 2. The number of hydrogen-bond donors (Lipinski definition) is 2. The van der Waals surface area contributed by atoms with Crippen LogP contribution in [0.4, 0.5) is 21.8 Å². The van der Waals surface area contributed by atoms with E-state index in [0.717, 1.165) is 33.6 Å². The second-order valence-corrected chi connectivity index (χ2v) is 6.60. The molecule has 7 heteroatoms. The van der Waals surface area contributed by atoms with Crippen LogP contribution < -0.4 is 15.4 Å². The largest absolute Gasteiger partial charge is 0.488 e. The maximum atomic E-state index is 13.4. The van der Waals surface area contributed by atoms with Crippen molar-refractivity contribution in [2.24, 2.45) is 0 Å². The van der Waals surface area contributed by atoms with Gasteiger partial charge in [-0.15, -0.1) is 0 Å². The molecule has 0 spiro atoms. The van der Waals surface area contributed by atoms with Crippen molar-refractivity contribution in [1.29, 1.82) is 0 Å². The highest BCUT2D eigenvalue weighted by Gasteiger charge is 2.07. The summed E-state index contributed by atoms with van der Waals surface area (Å²) in [5.74, 6) is 1.63. The maximum absolute atomic E-state index is 13.4. The van der Waals surface area contributed by atoms with Crippen LogP contribution in [-0.2, 0) is 6.61 Å². The van der Waals surface area contributed by atoms with Crippen LogP contribution in [0.2, 0.25) is 0 Å². The normalized spacial score (nSPS) is 10.7. The molecule has 6 nitrogen and oxygen atoms in total. The fourth-order valence-electron chi connectivity index (χ4n) is 2.90. The molecule has 2 aromatic heterocycles. The Labute approximate surface area is 167 Å². The van der Waals surface area contributed by atoms with Gasteiger partial charge in [0.15, 0.2) is 0 Å². The minimum absolute atomic E-state index is 0.320. The molecule has 4 rings (SSSR count). The predicted molar refractivity (Wildman–Crippen MR) is 112 cm³/mol. The quantitative estimate of drug-likeness (QED) is 0.492. The van der Waals surface area contributed by atoms with Gasteiger partial charge in [-0.1, -0.05) is 12.1 Å². The number of aryl methyl sites for hydroxylation is 1. The number of anilines is 3. The molecule has 0 aliphatic heterocycles. The number of ether oxygens (including phenoxy) is 1. The number of halogens is 1. The van der Waals surface area contributed by atoms with E-state index in [-0.39, 0.29) is 5.82 Å². The maximum Gasteiger partial charge on any atom is 0.227 e. The molecule has 4 aromatic rings. The highest BCUT2D eigenvalue weighted by molar-refractivity contribution is 5.81. The van der Waals surface area contributed by atoms with E-state index in [4.69, 9.17) is 4.74 Å². The molecule has 0 bridgehead atoms. The first-order valence-corrected chi connectivity index (χ1v) is 9.16. The first-order chi connectivity index (χ1) is 14.1. The average molecular weight is 389 g/mol. The summed E-state index contributed by atoms with van der Waals surface area (Å²) in [6.07, 6.45) is 3.52. The lowest BCUT2D eigenvalue weighted by atomic mass is 10.1. The molecular weight excluding hydrogens is 369 g/mol. The molecule has 146 valence electrons. The third kappa shape index (κ3) is 4.40. The van der Waals surface area contributed by atoms with Crippen LogP contribution in [0, 0.1) is 12.7 Å². The molecule has 0 unspecified atom stereocenters. The fourth-order valence-corrected chi connectivity index (χ4v) is 2.90. The van der Waals surface area contributed by atoms with Crippen LogP contribution in [-0.4, -0.2) is 22.0 Å². The summed E-state index contributed by atoms with van der Waals surface area (Å²) in [7, 11) is 1.83. The van der Waals surface area contributed by atoms with E-state index >= 15 is 0 Å². The van der Waals surface area contributed by atoms with Crippen molar-refractivity contribution in [2.75, 3.05) is 17.7 Å². The van der Waals surface area contributed by atoms with Gasteiger partial charge in [-0.3, -0.25) is 0 Å². The molecule has 2 N–H and O–H groups in total. The lowest BCUT2D eigenvalue weighted by Crippen LogP contribution is -2.00. The smallest absolute Gasteiger partial charge is 0.227 e. The monoisotopic (exact) mass is 389 g/mol. The van der Waals surface area contributed by atoms with Gasteiger partial charge in [0.2, 0.25) is 5.95 Å². The van der Waals surface area contributed by atoms with E-state index in [1.165, 1.54) is 12.1 Å². The van der Waals surface area contributed by atoms with Crippen LogP contribution in [0.3, 0.4) is 0 Å². The third-order valence-electron chi connectivity index (χ3n) is 4.43. The first kappa shape index (κ1) is 18.6. The van der Waals surface area contributed by atoms with E-state index in [0.29, 0.717) is 18.2 Å². The molecule has 0 radical (unpaired) electrons. The van der Waals surface area contributed by atoms with Gasteiger partial charge in [-0.25, -0.2) is 19.3 Å². The zero-order valence-electron chi connectivity index (χ0n) is 16.1. The Kier molecular flexibility index (Phi) is 5.20. The second kappa shape index (κ2) is 8.10. The Morgan fingerprint density at radius 2 is 1.93 bits per heavy atom. The second-order valence-electron chi connectivity index (χ2n) is 6.60. The molecule has 0 aliphatic carbocycles. The van der Waals surface area contributed by atoms with Gasteiger partial charge >= 0.3 is 0 Å². The number of rotatable bonds is 6. The minimum Gasteiger partial charge on any atom is -0.488 e. The Hall–Kier alpha value is -3.74. The first-order valence-electron chi connectivity index (χ1n) is 9.16. The topological polar surface area (TPSA) is 72.0 Å². The van der Waals surface area contributed by atoms with Gasteiger partial charge in [-0.05, 0) is 42.8 Å². The number of fused-ring (bicyclic) bond motifs is 1. The number of nitrogens with zero attached hydrogens (tertiary/aromatic N) is 3. The van der Waals surface area contributed by atoms with Crippen molar-refractivity contribution in [1.82, 2.24) is 15.0 Å². The van der Waals surface area contributed by atoms with Gasteiger partial charge in [0.1, 0.15) is 24.0 Å². The highest BCUT2D eigenvalue weighted by Crippen LogP contribution is 2.26. The average Bonchev–Trinajstić information content (AvgIpc) is 2.73. The summed E-state index contributed by atoms with van der Waals surface area (Å²) < 4.78 is 19.4. The highest BCUT2D eigenvalue weighted by atomic mass is 19.1. The van der Waals surface area contributed by atoms with Gasteiger partial charge in [0.05, 0.1) is 5.52 Å². The summed E-state index contributed by atoms with van der Waals surface area (Å²) in [6.45, 7) is 2.39. The third-order valence-corrected chi connectivity index (χ3v) is 4.43. The number of pyridine rings is 1. The zero-order valence-corrected chi connectivity index (χ0v) is 16.1. The van der Waals surface area contributed by atoms with Crippen molar-refractivity contribution in [2.45, 2.75) is 13.5 Å². The van der Waals surface area contributed by atoms with Crippen LogP contribution in [0.15, 0.2) is 60.9 Å². The van der Waals surface area contributed by atoms with Crippen molar-refractivity contribution in [3.05, 3.63) is 77.9 Å². The van der Waals surface area contributed by atoms with Crippen LogP contribution in [0.25, 0.3) is 10.9 Å². The van der Waals surface area contributed by atoms with E-state index < -0.39 is 0 Å². The molecule has 0 fully saturated rings. The molecular formula is C22H20FN5O. The van der Waals surface area contributed by atoms with Crippen molar-refractivity contribution >= 4 is 28.4 Å². The van der Waals surface area contributed by atoms with Gasteiger partial charge in [-0.2, -0.15) is 0 Å². The standard InChI is InChI=1S/C22H20FN5O/c1-14-8-16-12-26-22(27-18-5-3-4-17(23)9-18)28-19(16)10-20(14)29-13-15-6-7-21(24-2)25-11-15/h3-12H,13H2,1-2H3,(H,24,25)(H,26,27,28). The van der Waals surface area contributed by atoms with E-state index in [1.807, 2.05) is 38.2 Å². The molecule has 0 atom stereocenters. The van der Waals surface area contributed by atoms with Crippen LogP contribution in [0.5, 0.6) is 5.75 Å². The van der Waals surface area contributed by atoms with Crippen LogP contribution >= 0.6 is 0 Å². The summed E-state index contributed by atoms with van der Waals surface area (Å²) in [6, 6.07) is 13.9. The van der Waals surface area contributed by atoms with E-state index in [2.05, 4.69) is 25.6 Å². The zero-order chi connectivity index (χ0) is 20.2. The SMILES string of the molecule is CNc1ccc(COc2cc3nc(Nc4cccc(F)c4)ncc3cc2C)cn1. The molecule has 0 saturated heterocycles. The number of nitrogens with one attached hydrogen (secondary N) is 2. The minimum atomic E-state index is -0.320. The van der Waals surface area contributed by atoms with Gasteiger partial charge in [0.25, 0.3) is 0 Å². The molecule has 2 heterocycles. The van der Waals surface area contributed by atoms with E-state index in [1.54, 1.807) is 24.5 Å². The van der Waals surface area contributed by atoms with Gasteiger partial charge < -0.3 is 15.4 Å². The molecule has 0 amide bonds. The molecule has 0 aliphatic rings. The van der Waals surface area contributed by atoms with Crippen molar-refractivity contribution in [3.8, 4) is 5.75 Å². The number of hydrogen-bond acceptors (Lipinski definition) is 6. The van der Waals surface area contributed by atoms with Crippen molar-refractivity contribution in [3.63, 3.8) is 0 Å². The molecule has 2 aromatic carbocycles. The van der Waals surface area contributed by atoms with E-state index in [9.17, 15) is 4.39 Å². The molecule has 0 saturated carbocycles. The predicted octanol–water partition coefficient (Wildman–Crippen LogP) is 4.84. The summed E-state index contributed by atoms with van der Waals surface area (Å²) in [4.78, 5) is 13.1. The number of aromatic nitrogens is 3. The molecule has 29 heavy (non-hydrogen) atoms. The summed E-state index contributed by atoms with van der Waals surface area (Å²) in [5.41, 5.74) is 3.29. The fraction of sp³-hybridized carbons (Fsp3) is 0.136. The Balaban J connectivity index is 1.55. The summed E-state index contributed by atoms with van der Waals surface area (Å²) >= 11 is 0. The Morgan fingerprint density at radius 3 is 2.69 bits per heavy atom. The van der Waals surface area contributed by atoms with Crippen molar-refractivity contribution < 1.29 is 9.13 Å². The lowest BCUT2D eigenvalue weighted by molar-refractivity contribution is 0.304.